The fourth-order valence-corrected chi connectivity index (χ4v) is 2.64. The van der Waals surface area contributed by atoms with Gasteiger partial charge in [-0.2, -0.15) is 13.2 Å². The zero-order valence-electron chi connectivity index (χ0n) is 10.6. The Labute approximate surface area is 123 Å². The minimum atomic E-state index is -4.40. The van der Waals surface area contributed by atoms with Crippen molar-refractivity contribution in [3.05, 3.63) is 34.3 Å². The molecule has 1 aliphatic rings. The number of hydrogen-bond donors (Lipinski definition) is 2. The molecule has 1 aliphatic carbocycles. The van der Waals surface area contributed by atoms with Gasteiger partial charge in [-0.05, 0) is 37.0 Å². The van der Waals surface area contributed by atoms with Crippen molar-refractivity contribution in [1.82, 2.24) is 10.6 Å². The Kier molecular flexibility index (Phi) is 4.27. The van der Waals surface area contributed by atoms with Crippen LogP contribution in [-0.4, -0.2) is 18.8 Å². The molecule has 1 fully saturated rings. The predicted molar refractivity (Wildman–Crippen MR) is 72.3 cm³/mol. The molecule has 0 spiro atoms. The van der Waals surface area contributed by atoms with Crippen LogP contribution in [-0.2, 0) is 5.54 Å². The Morgan fingerprint density at radius 3 is 2.55 bits per heavy atom. The van der Waals surface area contributed by atoms with E-state index in [-0.39, 0.29) is 0 Å². The first-order valence-corrected chi connectivity index (χ1v) is 6.99. The van der Waals surface area contributed by atoms with E-state index in [1.165, 1.54) is 0 Å². The lowest BCUT2D eigenvalue weighted by molar-refractivity contribution is -0.122. The molecule has 3 nitrogen and oxygen atoms in total. The molecule has 2 rings (SSSR count). The van der Waals surface area contributed by atoms with Crippen molar-refractivity contribution in [2.45, 2.75) is 31.0 Å². The van der Waals surface area contributed by atoms with Crippen LogP contribution in [0.25, 0.3) is 0 Å². The molecule has 2 amide bonds. The van der Waals surface area contributed by atoms with Crippen molar-refractivity contribution in [3.63, 3.8) is 0 Å². The van der Waals surface area contributed by atoms with E-state index < -0.39 is 24.3 Å². The van der Waals surface area contributed by atoms with Gasteiger partial charge in [0.2, 0.25) is 0 Å². The van der Waals surface area contributed by atoms with Crippen molar-refractivity contribution in [1.29, 1.82) is 0 Å². The number of urea groups is 1. The minimum Gasteiger partial charge on any atom is -0.329 e. The van der Waals surface area contributed by atoms with E-state index in [0.717, 1.165) is 29.3 Å². The number of alkyl halides is 3. The lowest BCUT2D eigenvalue weighted by Gasteiger charge is -2.43. The third-order valence-electron chi connectivity index (χ3n) is 3.39. The summed E-state index contributed by atoms with van der Waals surface area (Å²) in [4.78, 5) is 11.6. The summed E-state index contributed by atoms with van der Waals surface area (Å²) < 4.78 is 37.1. The highest BCUT2D eigenvalue weighted by Gasteiger charge is 2.40. The number of rotatable bonds is 3. The summed E-state index contributed by atoms with van der Waals surface area (Å²) in [6.07, 6.45) is -2.02. The van der Waals surface area contributed by atoms with Crippen molar-refractivity contribution >= 4 is 22.0 Å². The second kappa shape index (κ2) is 5.63. The highest BCUT2D eigenvalue weighted by atomic mass is 79.9. The number of halogens is 4. The van der Waals surface area contributed by atoms with Gasteiger partial charge in [0.05, 0.1) is 5.54 Å². The molecule has 0 heterocycles. The van der Waals surface area contributed by atoms with E-state index in [9.17, 15) is 18.0 Å². The van der Waals surface area contributed by atoms with Gasteiger partial charge in [-0.3, -0.25) is 0 Å². The maximum Gasteiger partial charge on any atom is 0.405 e. The molecule has 7 heteroatoms. The summed E-state index contributed by atoms with van der Waals surface area (Å²) in [5.74, 6) is 0. The lowest BCUT2D eigenvalue weighted by Crippen LogP contribution is -2.54. The van der Waals surface area contributed by atoms with Crippen molar-refractivity contribution < 1.29 is 18.0 Å². The van der Waals surface area contributed by atoms with Gasteiger partial charge < -0.3 is 10.6 Å². The highest BCUT2D eigenvalue weighted by molar-refractivity contribution is 9.10. The topological polar surface area (TPSA) is 41.1 Å². The van der Waals surface area contributed by atoms with Crippen LogP contribution in [0.1, 0.15) is 24.8 Å². The molecule has 2 N–H and O–H groups in total. The van der Waals surface area contributed by atoms with E-state index in [4.69, 9.17) is 0 Å². The van der Waals surface area contributed by atoms with E-state index in [2.05, 4.69) is 21.2 Å². The Bertz CT molecular complexity index is 501. The molecule has 0 atom stereocenters. The molecule has 20 heavy (non-hydrogen) atoms. The molecule has 0 radical (unpaired) electrons. The standard InChI is InChI=1S/C13H14BrF3N2O/c14-10-4-1-3-9(7-10)12(5-2-6-12)19-11(20)18-8-13(15,16)17/h1,3-4,7H,2,5-6,8H2,(H2,18,19,20). The largest absolute Gasteiger partial charge is 0.405 e. The van der Waals surface area contributed by atoms with Gasteiger partial charge in [-0.25, -0.2) is 4.79 Å². The Morgan fingerprint density at radius 1 is 1.35 bits per heavy atom. The number of benzene rings is 1. The molecule has 0 saturated heterocycles. The van der Waals surface area contributed by atoms with Crippen LogP contribution >= 0.6 is 15.9 Å². The van der Waals surface area contributed by atoms with Gasteiger partial charge in [-0.1, -0.05) is 28.1 Å². The van der Waals surface area contributed by atoms with Crippen LogP contribution in [0.3, 0.4) is 0 Å². The molecule has 1 aromatic carbocycles. The highest BCUT2D eigenvalue weighted by Crippen LogP contribution is 2.41. The summed E-state index contributed by atoms with van der Waals surface area (Å²) in [5.41, 5.74) is 0.347. The van der Waals surface area contributed by atoms with Gasteiger partial charge in [-0.15, -0.1) is 0 Å². The monoisotopic (exact) mass is 350 g/mol. The molecule has 0 bridgehead atoms. The molecule has 1 saturated carbocycles. The van der Waals surface area contributed by atoms with Crippen LogP contribution in [0.15, 0.2) is 28.7 Å². The molecule has 0 unspecified atom stereocenters. The molecule has 0 aromatic heterocycles. The van der Waals surface area contributed by atoms with Gasteiger partial charge in [0.15, 0.2) is 0 Å². The maximum absolute atomic E-state index is 12.1. The number of nitrogens with one attached hydrogen (secondary N) is 2. The normalized spacial score (nSPS) is 17.2. The summed E-state index contributed by atoms with van der Waals surface area (Å²) in [5, 5.41) is 4.52. The number of carbonyl (C=O) groups excluding carboxylic acids is 1. The second-order valence-electron chi connectivity index (χ2n) is 4.87. The van der Waals surface area contributed by atoms with E-state index in [1.807, 2.05) is 29.6 Å². The first-order chi connectivity index (χ1) is 9.31. The van der Waals surface area contributed by atoms with Gasteiger partial charge >= 0.3 is 12.2 Å². The molecular weight excluding hydrogens is 337 g/mol. The fraction of sp³-hybridized carbons (Fsp3) is 0.462. The average molecular weight is 351 g/mol. The lowest BCUT2D eigenvalue weighted by atomic mass is 9.72. The molecule has 1 aromatic rings. The van der Waals surface area contributed by atoms with Crippen LogP contribution in [0.5, 0.6) is 0 Å². The van der Waals surface area contributed by atoms with Crippen LogP contribution in [0, 0.1) is 0 Å². The summed E-state index contributed by atoms with van der Waals surface area (Å²) in [6, 6.07) is 6.66. The van der Waals surface area contributed by atoms with Crippen molar-refractivity contribution in [3.8, 4) is 0 Å². The average Bonchev–Trinajstić information content (AvgIpc) is 2.30. The zero-order chi connectivity index (χ0) is 14.8. The fourth-order valence-electron chi connectivity index (χ4n) is 2.24. The van der Waals surface area contributed by atoms with Crippen LogP contribution in [0.2, 0.25) is 0 Å². The van der Waals surface area contributed by atoms with Gasteiger partial charge in [0.1, 0.15) is 6.54 Å². The Hall–Kier alpha value is -1.24. The minimum absolute atomic E-state index is 0.556. The van der Waals surface area contributed by atoms with Gasteiger partial charge in [0, 0.05) is 4.47 Å². The van der Waals surface area contributed by atoms with E-state index >= 15 is 0 Å². The van der Waals surface area contributed by atoms with E-state index in [0.29, 0.717) is 0 Å². The quantitative estimate of drug-likeness (QED) is 0.857. The summed E-state index contributed by atoms with van der Waals surface area (Å²) in [7, 11) is 0. The van der Waals surface area contributed by atoms with Gasteiger partial charge in [0.25, 0.3) is 0 Å². The third kappa shape index (κ3) is 3.65. The molecule has 110 valence electrons. The van der Waals surface area contributed by atoms with Crippen molar-refractivity contribution in [2.75, 3.05) is 6.54 Å². The summed E-state index contributed by atoms with van der Waals surface area (Å²) in [6.45, 7) is -1.33. The van der Waals surface area contributed by atoms with Crippen LogP contribution in [0.4, 0.5) is 18.0 Å². The second-order valence-corrected chi connectivity index (χ2v) is 5.78. The first-order valence-electron chi connectivity index (χ1n) is 6.20. The Balaban J connectivity index is 2.03. The number of hydrogen-bond acceptors (Lipinski definition) is 1. The zero-order valence-corrected chi connectivity index (χ0v) is 12.1. The van der Waals surface area contributed by atoms with Crippen LogP contribution < -0.4 is 10.6 Å². The Morgan fingerprint density at radius 2 is 2.05 bits per heavy atom. The first kappa shape index (κ1) is 15.2. The maximum atomic E-state index is 12.1. The number of carbonyl (C=O) groups is 1. The predicted octanol–water partition coefficient (Wildman–Crippen LogP) is 3.69. The third-order valence-corrected chi connectivity index (χ3v) is 3.88. The summed E-state index contributed by atoms with van der Waals surface area (Å²) >= 11 is 3.35. The SMILES string of the molecule is O=C(NCC(F)(F)F)NC1(c2cccc(Br)c2)CCC1. The van der Waals surface area contributed by atoms with E-state index in [1.54, 1.807) is 0 Å². The molecule has 0 aliphatic heterocycles. The van der Waals surface area contributed by atoms with Crippen molar-refractivity contribution in [2.24, 2.45) is 0 Å². The molecular formula is C13H14BrF3N2O. The smallest absolute Gasteiger partial charge is 0.329 e. The number of amides is 2.